The molecule has 0 unspecified atom stereocenters. The van der Waals surface area contributed by atoms with Gasteiger partial charge in [-0.1, -0.05) is 15.9 Å². The minimum Gasteiger partial charge on any atom is -0.392 e. The van der Waals surface area contributed by atoms with Crippen molar-refractivity contribution in [3.05, 3.63) is 33.1 Å². The second kappa shape index (κ2) is 3.70. The Morgan fingerprint density at radius 2 is 2.36 bits per heavy atom. The van der Waals surface area contributed by atoms with E-state index in [0.29, 0.717) is 11.1 Å². The lowest BCUT2D eigenvalue weighted by Crippen LogP contribution is -1.91. The molecule has 4 heteroatoms. The number of thiophene rings is 1. The summed E-state index contributed by atoms with van der Waals surface area (Å²) in [6.07, 6.45) is 0. The second-order valence-electron chi connectivity index (χ2n) is 2.82. The Balaban J connectivity index is 2.91. The average Bonchev–Trinajstić information content (AvgIpc) is 2.62. The van der Waals surface area contributed by atoms with Crippen molar-refractivity contribution in [1.82, 2.24) is 0 Å². The van der Waals surface area contributed by atoms with E-state index in [2.05, 4.69) is 22.0 Å². The van der Waals surface area contributed by atoms with Gasteiger partial charge < -0.3 is 5.11 Å². The van der Waals surface area contributed by atoms with Gasteiger partial charge >= 0.3 is 0 Å². The molecular weight excluding hydrogens is 262 g/mol. The molecule has 0 amide bonds. The molecule has 14 heavy (non-hydrogen) atoms. The van der Waals surface area contributed by atoms with Crippen molar-refractivity contribution in [3.8, 4) is 6.07 Å². The highest BCUT2D eigenvalue weighted by atomic mass is 79.9. The van der Waals surface area contributed by atoms with E-state index in [-0.39, 0.29) is 6.61 Å². The Kier molecular flexibility index (Phi) is 2.55. The number of aliphatic hydroxyl groups is 1. The molecule has 0 aliphatic carbocycles. The van der Waals surface area contributed by atoms with E-state index < -0.39 is 0 Å². The number of nitriles is 1. The average molecular weight is 268 g/mol. The monoisotopic (exact) mass is 267 g/mol. The molecule has 0 saturated carbocycles. The Morgan fingerprint density at radius 3 is 3.00 bits per heavy atom. The van der Waals surface area contributed by atoms with Gasteiger partial charge in [0.1, 0.15) is 6.07 Å². The zero-order valence-electron chi connectivity index (χ0n) is 7.12. The van der Waals surface area contributed by atoms with Crippen LogP contribution in [-0.4, -0.2) is 5.11 Å². The van der Waals surface area contributed by atoms with Crippen molar-refractivity contribution in [3.63, 3.8) is 0 Å². The Hall–Kier alpha value is -0.890. The molecule has 1 N–H and O–H groups in total. The Morgan fingerprint density at radius 1 is 1.57 bits per heavy atom. The number of aliphatic hydroxyl groups excluding tert-OH is 1. The third-order valence-corrected chi connectivity index (χ3v) is 3.72. The molecule has 1 heterocycles. The van der Waals surface area contributed by atoms with Crippen LogP contribution in [0.4, 0.5) is 0 Å². The molecule has 0 bridgehead atoms. The van der Waals surface area contributed by atoms with Crippen molar-refractivity contribution in [2.24, 2.45) is 0 Å². The van der Waals surface area contributed by atoms with Crippen LogP contribution in [0.3, 0.4) is 0 Å². The zero-order chi connectivity index (χ0) is 10.1. The topological polar surface area (TPSA) is 44.0 Å². The van der Waals surface area contributed by atoms with Crippen LogP contribution in [0.15, 0.2) is 22.0 Å². The third-order valence-electron chi connectivity index (χ3n) is 2.06. The summed E-state index contributed by atoms with van der Waals surface area (Å²) < 4.78 is 1.74. The largest absolute Gasteiger partial charge is 0.392 e. The minimum absolute atomic E-state index is 0.114. The van der Waals surface area contributed by atoms with Gasteiger partial charge in [-0.15, -0.1) is 11.3 Å². The fraction of sp³-hybridized carbons (Fsp3) is 0.100. The maximum absolute atomic E-state index is 9.15. The number of hydrogen-bond acceptors (Lipinski definition) is 3. The molecule has 0 saturated heterocycles. The number of halogens is 1. The van der Waals surface area contributed by atoms with Crippen LogP contribution in [0.2, 0.25) is 0 Å². The van der Waals surface area contributed by atoms with Gasteiger partial charge in [-0.25, -0.2) is 0 Å². The minimum atomic E-state index is -0.114. The van der Waals surface area contributed by atoms with Crippen LogP contribution in [-0.2, 0) is 6.61 Å². The van der Waals surface area contributed by atoms with E-state index in [1.54, 1.807) is 0 Å². The van der Waals surface area contributed by atoms with Gasteiger partial charge in [-0.2, -0.15) is 5.26 Å². The first-order chi connectivity index (χ1) is 6.77. The first-order valence-corrected chi connectivity index (χ1v) is 5.64. The third kappa shape index (κ3) is 1.34. The molecule has 1 aromatic carbocycles. The summed E-state index contributed by atoms with van der Waals surface area (Å²) in [6, 6.07) is 6.03. The van der Waals surface area contributed by atoms with Gasteiger partial charge in [0.05, 0.1) is 16.9 Å². The summed E-state index contributed by atoms with van der Waals surface area (Å²) in [5.41, 5.74) is 1.24. The van der Waals surface area contributed by atoms with Crippen LogP contribution in [0.25, 0.3) is 10.1 Å². The number of nitrogens with zero attached hydrogens (tertiary/aromatic N) is 1. The summed E-state index contributed by atoms with van der Waals surface area (Å²) >= 11 is 4.87. The van der Waals surface area contributed by atoms with Crippen molar-refractivity contribution in [2.75, 3.05) is 0 Å². The lowest BCUT2D eigenvalue weighted by molar-refractivity contribution is 0.281. The maximum atomic E-state index is 9.15. The van der Waals surface area contributed by atoms with Crippen LogP contribution in [0, 0.1) is 11.3 Å². The van der Waals surface area contributed by atoms with E-state index in [1.165, 1.54) is 11.3 Å². The second-order valence-corrected chi connectivity index (χ2v) is 4.59. The molecule has 0 atom stereocenters. The van der Waals surface area contributed by atoms with E-state index in [9.17, 15) is 0 Å². The highest BCUT2D eigenvalue weighted by Crippen LogP contribution is 2.32. The Bertz CT molecular complexity index is 527. The summed E-state index contributed by atoms with van der Waals surface area (Å²) in [5, 5.41) is 21.1. The van der Waals surface area contributed by atoms with Gasteiger partial charge in [0.15, 0.2) is 0 Å². The van der Waals surface area contributed by atoms with Crippen molar-refractivity contribution in [1.29, 1.82) is 5.26 Å². The first kappa shape index (κ1) is 9.66. The van der Waals surface area contributed by atoms with Gasteiger partial charge in [0, 0.05) is 10.0 Å². The summed E-state index contributed by atoms with van der Waals surface area (Å²) in [6.45, 7) is -0.114. The van der Waals surface area contributed by atoms with E-state index in [4.69, 9.17) is 10.4 Å². The molecule has 0 aliphatic heterocycles. The standard InChI is InChI=1S/C10H6BrNOS/c11-9-3-6-1-2-14-10(6)7(4-12)8(9)5-13/h1-3,13H,5H2. The Labute approximate surface area is 93.5 Å². The smallest absolute Gasteiger partial charge is 0.101 e. The predicted octanol–water partition coefficient (Wildman–Crippen LogP) is 3.03. The van der Waals surface area contributed by atoms with Gasteiger partial charge in [-0.05, 0) is 22.9 Å². The molecule has 0 spiro atoms. The van der Waals surface area contributed by atoms with Gasteiger partial charge in [0.25, 0.3) is 0 Å². The highest BCUT2D eigenvalue weighted by molar-refractivity contribution is 9.10. The number of benzene rings is 1. The molecule has 0 fully saturated rings. The van der Waals surface area contributed by atoms with Crippen LogP contribution < -0.4 is 0 Å². The normalized spacial score (nSPS) is 10.4. The van der Waals surface area contributed by atoms with Gasteiger partial charge in [0.2, 0.25) is 0 Å². The maximum Gasteiger partial charge on any atom is 0.101 e. The summed E-state index contributed by atoms with van der Waals surface area (Å²) in [4.78, 5) is 0. The fourth-order valence-electron chi connectivity index (χ4n) is 1.39. The quantitative estimate of drug-likeness (QED) is 0.863. The molecule has 2 nitrogen and oxygen atoms in total. The molecular formula is C10H6BrNOS. The SMILES string of the molecule is N#Cc1c(CO)c(Br)cc2ccsc12. The van der Waals surface area contributed by atoms with E-state index in [1.807, 2.05) is 17.5 Å². The van der Waals surface area contributed by atoms with Crippen LogP contribution >= 0.6 is 27.3 Å². The number of hydrogen-bond donors (Lipinski definition) is 1. The van der Waals surface area contributed by atoms with Crippen LogP contribution in [0.1, 0.15) is 11.1 Å². The van der Waals surface area contributed by atoms with E-state index >= 15 is 0 Å². The molecule has 0 radical (unpaired) electrons. The number of fused-ring (bicyclic) bond motifs is 1. The van der Waals surface area contributed by atoms with Crippen LogP contribution in [0.5, 0.6) is 0 Å². The summed E-state index contributed by atoms with van der Waals surface area (Å²) in [5.74, 6) is 0. The zero-order valence-corrected chi connectivity index (χ0v) is 9.52. The molecule has 0 aliphatic rings. The molecule has 70 valence electrons. The van der Waals surface area contributed by atoms with Crippen molar-refractivity contribution in [2.45, 2.75) is 6.61 Å². The van der Waals surface area contributed by atoms with E-state index in [0.717, 1.165) is 14.6 Å². The fourth-order valence-corrected chi connectivity index (χ4v) is 2.86. The van der Waals surface area contributed by atoms with Crippen molar-refractivity contribution >= 4 is 37.4 Å². The first-order valence-electron chi connectivity index (χ1n) is 3.97. The van der Waals surface area contributed by atoms with Gasteiger partial charge in [-0.3, -0.25) is 0 Å². The molecule has 1 aromatic heterocycles. The molecule has 2 rings (SSSR count). The number of rotatable bonds is 1. The lowest BCUT2D eigenvalue weighted by atomic mass is 10.1. The molecule has 2 aromatic rings. The predicted molar refractivity (Wildman–Crippen MR) is 60.2 cm³/mol. The highest BCUT2D eigenvalue weighted by Gasteiger charge is 2.11. The van der Waals surface area contributed by atoms with Crippen molar-refractivity contribution < 1.29 is 5.11 Å². The summed E-state index contributed by atoms with van der Waals surface area (Å²) in [7, 11) is 0. The lowest BCUT2D eigenvalue weighted by Gasteiger charge is -2.04.